The molecule has 0 aliphatic rings. The maximum absolute atomic E-state index is 12.3. The van der Waals surface area contributed by atoms with Gasteiger partial charge in [0.05, 0.1) is 29.2 Å². The summed E-state index contributed by atoms with van der Waals surface area (Å²) in [6.45, 7) is -0.0761. The van der Waals surface area contributed by atoms with Crippen LogP contribution in [-0.4, -0.2) is 36.8 Å². The normalized spacial score (nSPS) is 11.2. The summed E-state index contributed by atoms with van der Waals surface area (Å²) in [6.07, 6.45) is 0. The first-order valence-corrected chi connectivity index (χ1v) is 10.3. The number of hydrogen-bond acceptors (Lipinski definition) is 7. The van der Waals surface area contributed by atoms with Crippen molar-refractivity contribution < 1.29 is 18.1 Å². The van der Waals surface area contributed by atoms with Gasteiger partial charge in [-0.25, -0.2) is 17.8 Å². The van der Waals surface area contributed by atoms with Crippen LogP contribution in [0.25, 0.3) is 11.3 Å². The van der Waals surface area contributed by atoms with Crippen molar-refractivity contribution in [3.8, 4) is 17.0 Å². The Kier molecular flexibility index (Phi) is 6.23. The maximum atomic E-state index is 12.3. The number of rotatable bonds is 8. The summed E-state index contributed by atoms with van der Waals surface area (Å²) in [5.74, 6) is 0.688. The average Bonchev–Trinajstić information content (AvgIpc) is 2.75. The third-order valence-corrected chi connectivity index (χ3v) is 5.70. The van der Waals surface area contributed by atoms with Crippen LogP contribution in [0.4, 0.5) is 5.69 Å². The van der Waals surface area contributed by atoms with E-state index in [0.717, 1.165) is 34.5 Å². The molecule has 1 heterocycles. The van der Waals surface area contributed by atoms with E-state index in [9.17, 15) is 23.3 Å². The van der Waals surface area contributed by atoms with Gasteiger partial charge in [-0.3, -0.25) is 14.9 Å². The number of ether oxygens (including phenoxy) is 1. The van der Waals surface area contributed by atoms with Crippen LogP contribution < -0.4 is 15.0 Å². The molecule has 11 heteroatoms. The molecule has 30 heavy (non-hydrogen) atoms. The Labute approximate surface area is 171 Å². The lowest BCUT2D eigenvalue weighted by molar-refractivity contribution is -0.384. The molecule has 0 aliphatic carbocycles. The van der Waals surface area contributed by atoms with Gasteiger partial charge in [0.25, 0.3) is 11.2 Å². The highest BCUT2D eigenvalue weighted by atomic mass is 32.2. The number of non-ortho nitro benzene ring substituents is 1. The second kappa shape index (κ2) is 8.84. The molecule has 2 aromatic carbocycles. The summed E-state index contributed by atoms with van der Waals surface area (Å²) < 4.78 is 33.3. The molecular formula is C19H18N4O6S. The van der Waals surface area contributed by atoms with E-state index in [1.165, 1.54) is 6.07 Å². The van der Waals surface area contributed by atoms with E-state index in [1.807, 2.05) is 0 Å². The summed E-state index contributed by atoms with van der Waals surface area (Å²) in [5, 5.41) is 15.0. The number of nitro groups is 1. The van der Waals surface area contributed by atoms with Gasteiger partial charge >= 0.3 is 0 Å². The number of nitrogens with one attached hydrogen (secondary N) is 1. The molecule has 0 unspecified atom stereocenters. The molecule has 0 bridgehead atoms. The summed E-state index contributed by atoms with van der Waals surface area (Å²) in [5.41, 5.74) is 0.744. The van der Waals surface area contributed by atoms with Crippen LogP contribution >= 0.6 is 0 Å². The smallest absolute Gasteiger partial charge is 0.269 e. The maximum Gasteiger partial charge on any atom is 0.269 e. The van der Waals surface area contributed by atoms with Crippen LogP contribution in [0.1, 0.15) is 0 Å². The van der Waals surface area contributed by atoms with Gasteiger partial charge in [-0.1, -0.05) is 0 Å². The Hall–Kier alpha value is -3.57. The molecule has 156 valence electrons. The molecule has 0 amide bonds. The fourth-order valence-corrected chi connectivity index (χ4v) is 3.66. The van der Waals surface area contributed by atoms with E-state index in [2.05, 4.69) is 9.82 Å². The largest absolute Gasteiger partial charge is 0.497 e. The van der Waals surface area contributed by atoms with Crippen LogP contribution in [0.15, 0.2) is 70.4 Å². The standard InChI is InChI=1S/C19H18N4O6S/c1-29-16-6-2-14(3-7-16)18-10-11-19(24)22(21-18)13-12-20-30(27,28)17-8-4-15(5-9-17)23(25)26/h2-11,20H,12-13H2,1H3. The lowest BCUT2D eigenvalue weighted by Crippen LogP contribution is -2.32. The zero-order valence-corrected chi connectivity index (χ0v) is 16.7. The predicted molar refractivity (Wildman–Crippen MR) is 109 cm³/mol. The Morgan fingerprint density at radius 1 is 1.07 bits per heavy atom. The highest BCUT2D eigenvalue weighted by Gasteiger charge is 2.15. The minimum Gasteiger partial charge on any atom is -0.497 e. The summed E-state index contributed by atoms with van der Waals surface area (Å²) in [4.78, 5) is 22.0. The molecule has 0 radical (unpaired) electrons. The summed E-state index contributed by atoms with van der Waals surface area (Å²) >= 11 is 0. The fourth-order valence-electron chi connectivity index (χ4n) is 2.64. The van der Waals surface area contributed by atoms with E-state index in [1.54, 1.807) is 37.4 Å². The Bertz CT molecular complexity index is 1210. The monoisotopic (exact) mass is 430 g/mol. The topological polar surface area (TPSA) is 133 Å². The van der Waals surface area contributed by atoms with Crippen LogP contribution in [0.2, 0.25) is 0 Å². The number of benzene rings is 2. The van der Waals surface area contributed by atoms with Crippen molar-refractivity contribution in [2.75, 3.05) is 13.7 Å². The van der Waals surface area contributed by atoms with Gasteiger partial charge in [-0.05, 0) is 42.5 Å². The molecule has 3 rings (SSSR count). The first kappa shape index (κ1) is 21.1. The lowest BCUT2D eigenvalue weighted by Gasteiger charge is -2.09. The van der Waals surface area contributed by atoms with Crippen molar-refractivity contribution in [1.29, 1.82) is 0 Å². The van der Waals surface area contributed by atoms with Crippen molar-refractivity contribution >= 4 is 15.7 Å². The number of nitrogens with zero attached hydrogens (tertiary/aromatic N) is 3. The van der Waals surface area contributed by atoms with Gasteiger partial charge < -0.3 is 4.74 Å². The highest BCUT2D eigenvalue weighted by Crippen LogP contribution is 2.19. The van der Waals surface area contributed by atoms with E-state index < -0.39 is 14.9 Å². The molecule has 0 saturated carbocycles. The molecule has 3 aromatic rings. The third-order valence-electron chi connectivity index (χ3n) is 4.23. The predicted octanol–water partition coefficient (Wildman–Crippen LogP) is 1.81. The molecule has 0 spiro atoms. The number of methoxy groups -OCH3 is 1. The van der Waals surface area contributed by atoms with Crippen molar-refractivity contribution in [3.63, 3.8) is 0 Å². The number of nitro benzene ring substituents is 1. The van der Waals surface area contributed by atoms with Crippen LogP contribution in [0.5, 0.6) is 5.75 Å². The number of aromatic nitrogens is 2. The third kappa shape index (κ3) is 4.88. The van der Waals surface area contributed by atoms with Crippen molar-refractivity contribution in [1.82, 2.24) is 14.5 Å². The molecule has 0 saturated heterocycles. The van der Waals surface area contributed by atoms with E-state index in [-0.39, 0.29) is 29.2 Å². The first-order valence-electron chi connectivity index (χ1n) is 8.77. The zero-order chi connectivity index (χ0) is 21.7. The highest BCUT2D eigenvalue weighted by molar-refractivity contribution is 7.89. The Morgan fingerprint density at radius 2 is 1.73 bits per heavy atom. The summed E-state index contributed by atoms with van der Waals surface area (Å²) in [7, 11) is -2.32. The SMILES string of the molecule is COc1ccc(-c2ccc(=O)n(CCNS(=O)(=O)c3ccc([N+](=O)[O-])cc3)n2)cc1. The second-order valence-corrected chi connectivity index (χ2v) is 7.92. The molecule has 1 N–H and O–H groups in total. The van der Waals surface area contributed by atoms with Gasteiger partial charge in [0.15, 0.2) is 0 Å². The van der Waals surface area contributed by atoms with Crippen LogP contribution in [0, 0.1) is 10.1 Å². The minimum absolute atomic E-state index is 0.00897. The van der Waals surface area contributed by atoms with E-state index >= 15 is 0 Å². The molecule has 0 fully saturated rings. The number of hydrogen-bond donors (Lipinski definition) is 1. The van der Waals surface area contributed by atoms with Gasteiger partial charge in [0.2, 0.25) is 10.0 Å². The van der Waals surface area contributed by atoms with Crippen molar-refractivity contribution in [3.05, 3.63) is 81.1 Å². The number of sulfonamides is 1. The Morgan fingerprint density at radius 3 is 2.33 bits per heavy atom. The molecular weight excluding hydrogens is 412 g/mol. The quantitative estimate of drug-likeness (QED) is 0.425. The second-order valence-electron chi connectivity index (χ2n) is 6.16. The average molecular weight is 430 g/mol. The van der Waals surface area contributed by atoms with Crippen LogP contribution in [0.3, 0.4) is 0 Å². The minimum atomic E-state index is -3.89. The molecule has 10 nitrogen and oxygen atoms in total. The van der Waals surface area contributed by atoms with Gasteiger partial charge in [0.1, 0.15) is 5.75 Å². The molecule has 0 aliphatic heterocycles. The Balaban J connectivity index is 1.70. The van der Waals surface area contributed by atoms with Gasteiger partial charge in [-0.15, -0.1) is 0 Å². The molecule has 0 atom stereocenters. The van der Waals surface area contributed by atoms with Crippen molar-refractivity contribution in [2.45, 2.75) is 11.4 Å². The van der Waals surface area contributed by atoms with Gasteiger partial charge in [0, 0.05) is 30.3 Å². The lowest BCUT2D eigenvalue weighted by atomic mass is 10.1. The van der Waals surface area contributed by atoms with E-state index in [4.69, 9.17) is 4.74 Å². The fraction of sp³-hybridized carbons (Fsp3) is 0.158. The zero-order valence-electron chi connectivity index (χ0n) is 15.9. The van der Waals surface area contributed by atoms with Crippen LogP contribution in [-0.2, 0) is 16.6 Å². The van der Waals surface area contributed by atoms with E-state index in [0.29, 0.717) is 11.4 Å². The summed E-state index contributed by atoms with van der Waals surface area (Å²) in [6, 6.07) is 14.6. The van der Waals surface area contributed by atoms with Crippen molar-refractivity contribution in [2.24, 2.45) is 0 Å². The first-order chi connectivity index (χ1) is 14.3. The van der Waals surface area contributed by atoms with Gasteiger partial charge in [-0.2, -0.15) is 5.10 Å². The molecule has 1 aromatic heterocycles.